The minimum Gasteiger partial charge on any atom is -0.496 e. The zero-order valence-electron chi connectivity index (χ0n) is 17.6. The van der Waals surface area contributed by atoms with Gasteiger partial charge in [-0.1, -0.05) is 0 Å². The number of hydrogen-bond acceptors (Lipinski definition) is 12. The summed E-state index contributed by atoms with van der Waals surface area (Å²) in [5, 5.41) is 15.3. The first-order valence-electron chi connectivity index (χ1n) is 10.2. The molecule has 1 aromatic heterocycles. The molecule has 1 aromatic carbocycles. The summed E-state index contributed by atoms with van der Waals surface area (Å²) in [6.45, 7) is 5.14. The van der Waals surface area contributed by atoms with Crippen LogP contribution < -0.4 is 20.0 Å². The number of ether oxygens (including phenoxy) is 3. The molecule has 13 nitrogen and oxygen atoms in total. The van der Waals surface area contributed by atoms with Crippen molar-refractivity contribution in [2.24, 2.45) is 5.10 Å². The lowest BCUT2D eigenvalue weighted by molar-refractivity contribution is -0.384. The van der Waals surface area contributed by atoms with Gasteiger partial charge >= 0.3 is 0 Å². The standard InChI is InChI=1S/C19H24N8O5/c1-30-16-3-2-15(27(28)29)12-14(16)13-20-24-17-21-18(25-4-8-31-9-5-25)23-19(22-17)26-6-10-32-11-7-26/h2-3,12-13H,4-11H2,1H3,(H,21,22,23,24). The van der Waals surface area contributed by atoms with Crippen molar-refractivity contribution in [1.29, 1.82) is 0 Å². The summed E-state index contributed by atoms with van der Waals surface area (Å²) in [5.74, 6) is 1.80. The second-order valence-corrected chi connectivity index (χ2v) is 7.01. The first-order chi connectivity index (χ1) is 15.6. The predicted molar refractivity (Wildman–Crippen MR) is 117 cm³/mol. The highest BCUT2D eigenvalue weighted by Gasteiger charge is 2.20. The lowest BCUT2D eigenvalue weighted by Crippen LogP contribution is -2.40. The summed E-state index contributed by atoms with van der Waals surface area (Å²) < 4.78 is 16.1. The average molecular weight is 444 g/mol. The summed E-state index contributed by atoms with van der Waals surface area (Å²) >= 11 is 0. The molecule has 1 N–H and O–H groups in total. The molecule has 0 spiro atoms. The Hall–Kier alpha value is -3.58. The van der Waals surface area contributed by atoms with Crippen LogP contribution in [0.3, 0.4) is 0 Å². The molecule has 0 aliphatic carbocycles. The molecule has 2 saturated heterocycles. The number of nitro benzene ring substituents is 1. The number of non-ortho nitro benzene ring substituents is 1. The van der Waals surface area contributed by atoms with Gasteiger partial charge in [-0.05, 0) is 6.07 Å². The van der Waals surface area contributed by atoms with E-state index in [4.69, 9.17) is 14.2 Å². The molecule has 0 bridgehead atoms. The van der Waals surface area contributed by atoms with Gasteiger partial charge in [0.15, 0.2) is 0 Å². The minimum atomic E-state index is -0.473. The molecule has 13 heteroatoms. The van der Waals surface area contributed by atoms with Gasteiger partial charge in [-0.3, -0.25) is 10.1 Å². The van der Waals surface area contributed by atoms with Gasteiger partial charge in [-0.2, -0.15) is 20.1 Å². The van der Waals surface area contributed by atoms with Crippen LogP contribution in [0.1, 0.15) is 5.56 Å². The smallest absolute Gasteiger partial charge is 0.270 e. The highest BCUT2D eigenvalue weighted by Crippen LogP contribution is 2.23. The van der Waals surface area contributed by atoms with E-state index in [1.165, 1.54) is 31.5 Å². The van der Waals surface area contributed by atoms with Gasteiger partial charge in [0.2, 0.25) is 17.8 Å². The van der Waals surface area contributed by atoms with Crippen LogP contribution in [0, 0.1) is 10.1 Å². The van der Waals surface area contributed by atoms with E-state index in [0.29, 0.717) is 75.8 Å². The van der Waals surface area contributed by atoms with Crippen LogP contribution in [0.15, 0.2) is 23.3 Å². The number of aromatic nitrogens is 3. The van der Waals surface area contributed by atoms with Gasteiger partial charge in [0.05, 0.1) is 44.7 Å². The minimum absolute atomic E-state index is 0.0587. The maximum absolute atomic E-state index is 11.1. The number of anilines is 3. The van der Waals surface area contributed by atoms with E-state index in [1.807, 2.05) is 9.80 Å². The number of rotatable bonds is 7. The number of hydrazone groups is 1. The van der Waals surface area contributed by atoms with E-state index in [0.717, 1.165) is 0 Å². The lowest BCUT2D eigenvalue weighted by atomic mass is 10.2. The Bertz CT molecular complexity index is 940. The van der Waals surface area contributed by atoms with E-state index < -0.39 is 4.92 Å². The summed E-state index contributed by atoms with van der Waals surface area (Å²) in [6, 6.07) is 4.28. The van der Waals surface area contributed by atoms with E-state index in [-0.39, 0.29) is 11.6 Å². The number of nitrogens with zero attached hydrogens (tertiary/aromatic N) is 7. The zero-order valence-corrected chi connectivity index (χ0v) is 17.6. The maximum Gasteiger partial charge on any atom is 0.270 e. The van der Waals surface area contributed by atoms with Gasteiger partial charge in [0.25, 0.3) is 5.69 Å². The van der Waals surface area contributed by atoms with Crippen molar-refractivity contribution in [2.45, 2.75) is 0 Å². The van der Waals surface area contributed by atoms with Crippen molar-refractivity contribution < 1.29 is 19.1 Å². The molecule has 0 atom stereocenters. The highest BCUT2D eigenvalue weighted by atomic mass is 16.6. The third kappa shape index (κ3) is 5.18. The molecule has 2 aromatic rings. The Labute approximate surface area is 184 Å². The summed E-state index contributed by atoms with van der Waals surface area (Å²) in [4.78, 5) is 28.3. The monoisotopic (exact) mass is 444 g/mol. The van der Waals surface area contributed by atoms with Crippen molar-refractivity contribution in [1.82, 2.24) is 15.0 Å². The fourth-order valence-corrected chi connectivity index (χ4v) is 3.31. The van der Waals surface area contributed by atoms with Crippen molar-refractivity contribution in [3.8, 4) is 5.75 Å². The number of morpholine rings is 2. The van der Waals surface area contributed by atoms with Crippen LogP contribution in [-0.2, 0) is 9.47 Å². The first kappa shape index (κ1) is 21.6. The quantitative estimate of drug-likeness (QED) is 0.370. The van der Waals surface area contributed by atoms with E-state index in [2.05, 4.69) is 25.5 Å². The van der Waals surface area contributed by atoms with Crippen LogP contribution >= 0.6 is 0 Å². The molecule has 32 heavy (non-hydrogen) atoms. The van der Waals surface area contributed by atoms with E-state index in [1.54, 1.807) is 0 Å². The van der Waals surface area contributed by atoms with Gasteiger partial charge in [-0.25, -0.2) is 5.43 Å². The van der Waals surface area contributed by atoms with Crippen molar-refractivity contribution >= 4 is 29.7 Å². The molecule has 2 aliphatic heterocycles. The number of nitrogens with one attached hydrogen (secondary N) is 1. The van der Waals surface area contributed by atoms with E-state index in [9.17, 15) is 10.1 Å². The van der Waals surface area contributed by atoms with Crippen molar-refractivity contribution in [3.63, 3.8) is 0 Å². The van der Waals surface area contributed by atoms with E-state index >= 15 is 0 Å². The Balaban J connectivity index is 1.58. The average Bonchev–Trinajstić information content (AvgIpc) is 2.85. The largest absolute Gasteiger partial charge is 0.496 e. The number of methoxy groups -OCH3 is 1. The zero-order chi connectivity index (χ0) is 22.3. The molecule has 0 radical (unpaired) electrons. The van der Waals surface area contributed by atoms with Crippen molar-refractivity contribution in [2.75, 3.05) is 74.9 Å². The van der Waals surface area contributed by atoms with Crippen LogP contribution in [0.5, 0.6) is 5.75 Å². The fourth-order valence-electron chi connectivity index (χ4n) is 3.31. The van der Waals surface area contributed by atoms with Gasteiger partial charge in [0, 0.05) is 43.9 Å². The third-order valence-corrected chi connectivity index (χ3v) is 4.99. The molecule has 2 fully saturated rings. The summed E-state index contributed by atoms with van der Waals surface area (Å²) in [5.41, 5.74) is 3.21. The second-order valence-electron chi connectivity index (χ2n) is 7.01. The molecule has 2 aliphatic rings. The maximum atomic E-state index is 11.1. The molecule has 4 rings (SSSR count). The number of hydrogen-bond donors (Lipinski definition) is 1. The molecular formula is C19H24N8O5. The van der Waals surface area contributed by atoms with Crippen LogP contribution in [0.25, 0.3) is 0 Å². The molecule has 3 heterocycles. The van der Waals surface area contributed by atoms with Crippen LogP contribution in [-0.4, -0.2) is 85.8 Å². The Morgan fingerprint density at radius 2 is 1.66 bits per heavy atom. The van der Waals surface area contributed by atoms with Crippen LogP contribution in [0.2, 0.25) is 0 Å². The Morgan fingerprint density at radius 3 is 2.19 bits per heavy atom. The molecular weight excluding hydrogens is 420 g/mol. The predicted octanol–water partition coefficient (Wildman–Crippen LogP) is 0.908. The Morgan fingerprint density at radius 1 is 1.06 bits per heavy atom. The lowest BCUT2D eigenvalue weighted by Gasteiger charge is -2.30. The third-order valence-electron chi connectivity index (χ3n) is 4.99. The number of benzene rings is 1. The Kier molecular flexibility index (Phi) is 6.87. The normalized spacial score (nSPS) is 16.9. The van der Waals surface area contributed by atoms with Gasteiger partial charge in [-0.15, -0.1) is 0 Å². The van der Waals surface area contributed by atoms with Crippen molar-refractivity contribution in [3.05, 3.63) is 33.9 Å². The number of nitro groups is 1. The highest BCUT2D eigenvalue weighted by molar-refractivity contribution is 5.85. The fraction of sp³-hybridized carbons (Fsp3) is 0.474. The topological polar surface area (TPSA) is 140 Å². The van der Waals surface area contributed by atoms with Gasteiger partial charge in [0.1, 0.15) is 5.75 Å². The molecule has 0 saturated carbocycles. The second kappa shape index (κ2) is 10.2. The van der Waals surface area contributed by atoms with Gasteiger partial charge < -0.3 is 24.0 Å². The van der Waals surface area contributed by atoms with Crippen LogP contribution in [0.4, 0.5) is 23.5 Å². The summed E-state index contributed by atoms with van der Waals surface area (Å²) in [6.07, 6.45) is 1.43. The summed E-state index contributed by atoms with van der Waals surface area (Å²) in [7, 11) is 1.49. The first-order valence-corrected chi connectivity index (χ1v) is 10.2. The molecule has 0 unspecified atom stereocenters. The molecule has 0 amide bonds. The SMILES string of the molecule is COc1ccc([N+](=O)[O-])cc1C=NNc1nc(N2CCOCC2)nc(N2CCOCC2)n1. The molecule has 170 valence electrons.